The smallest absolute Gasteiger partial charge is 0.207 e. The zero-order valence-electron chi connectivity index (χ0n) is 19.1. The topological polar surface area (TPSA) is 69.0 Å². The highest BCUT2D eigenvalue weighted by atomic mass is 32.1. The van der Waals surface area contributed by atoms with E-state index in [-0.39, 0.29) is 17.5 Å². The molecular weight excluding hydrogens is 454 g/mol. The van der Waals surface area contributed by atoms with Gasteiger partial charge < -0.3 is 10.2 Å². The third kappa shape index (κ3) is 4.10. The minimum absolute atomic E-state index is 0.0814. The number of phenols is 2. The summed E-state index contributed by atoms with van der Waals surface area (Å²) in [6, 6.07) is 25.9. The first kappa shape index (κ1) is 21.6. The van der Waals surface area contributed by atoms with Gasteiger partial charge in [-0.25, -0.2) is 9.99 Å². The van der Waals surface area contributed by atoms with Gasteiger partial charge in [0.15, 0.2) is 11.5 Å². The highest BCUT2D eigenvalue weighted by Gasteiger charge is 2.42. The largest absolute Gasteiger partial charge is 0.504 e. The Hall–Kier alpha value is -3.90. The number of thiazole rings is 1. The van der Waals surface area contributed by atoms with Gasteiger partial charge in [-0.3, -0.25) is 0 Å². The van der Waals surface area contributed by atoms with Gasteiger partial charge in [-0.05, 0) is 60.2 Å². The van der Waals surface area contributed by atoms with Crippen LogP contribution in [0.2, 0.25) is 0 Å². The van der Waals surface area contributed by atoms with Gasteiger partial charge in [-0.2, -0.15) is 5.10 Å². The molecule has 1 fully saturated rings. The molecule has 0 spiro atoms. The molecule has 4 aromatic rings. The van der Waals surface area contributed by atoms with Gasteiger partial charge >= 0.3 is 0 Å². The van der Waals surface area contributed by atoms with E-state index in [4.69, 9.17) is 10.1 Å². The fourth-order valence-electron chi connectivity index (χ4n) is 5.08. The van der Waals surface area contributed by atoms with Gasteiger partial charge in [0.05, 0.1) is 17.4 Å². The lowest BCUT2D eigenvalue weighted by molar-refractivity contribution is 0.404. The number of aromatic nitrogens is 1. The second kappa shape index (κ2) is 9.04. The number of hydrogen-bond donors (Lipinski definition) is 2. The normalized spacial score (nSPS) is 20.6. The molecule has 1 aromatic heterocycles. The summed E-state index contributed by atoms with van der Waals surface area (Å²) in [6.45, 7) is 0. The van der Waals surface area contributed by atoms with Crippen LogP contribution in [-0.2, 0) is 0 Å². The van der Waals surface area contributed by atoms with Crippen molar-refractivity contribution in [2.75, 3.05) is 5.01 Å². The summed E-state index contributed by atoms with van der Waals surface area (Å²) in [5, 5.41) is 29.7. The molecular formula is C29H25N3O2S. The van der Waals surface area contributed by atoms with Crippen LogP contribution < -0.4 is 5.01 Å². The van der Waals surface area contributed by atoms with Crippen LogP contribution in [0.1, 0.15) is 36.4 Å². The van der Waals surface area contributed by atoms with E-state index < -0.39 is 0 Å². The number of aromatic hydroxyl groups is 2. The molecule has 174 valence electrons. The van der Waals surface area contributed by atoms with Crippen LogP contribution in [0.4, 0.5) is 5.13 Å². The second-order valence-corrected chi connectivity index (χ2v) is 9.82. The number of hydrazone groups is 1. The zero-order chi connectivity index (χ0) is 23.8. The predicted molar refractivity (Wildman–Crippen MR) is 142 cm³/mol. The van der Waals surface area contributed by atoms with Crippen molar-refractivity contribution in [3.05, 3.63) is 101 Å². The molecule has 2 atom stereocenters. The Morgan fingerprint density at radius 3 is 2.46 bits per heavy atom. The third-order valence-electron chi connectivity index (χ3n) is 6.74. The number of benzene rings is 3. The number of nitrogens with zero attached hydrogens (tertiary/aromatic N) is 3. The standard InChI is InChI=1S/C29H25N3O2S/c33-25-15-14-21(17-26(25)34)24-18-35-29(30-24)32-28(20-10-5-2-6-11-20)23-13-7-12-22(27(23)31-32)16-19-8-3-1-4-9-19/h1-6,8-11,14-18,23,28,33-34H,7,12-13H2/b22-16+. The lowest BCUT2D eigenvalue weighted by Crippen LogP contribution is -2.28. The molecule has 5 nitrogen and oxygen atoms in total. The third-order valence-corrected chi connectivity index (χ3v) is 7.57. The zero-order valence-corrected chi connectivity index (χ0v) is 19.9. The Bertz CT molecular complexity index is 1410. The van der Waals surface area contributed by atoms with Crippen LogP contribution in [0.3, 0.4) is 0 Å². The molecule has 0 bridgehead atoms. The average molecular weight is 480 g/mol. The van der Waals surface area contributed by atoms with Gasteiger partial charge in [0.1, 0.15) is 0 Å². The van der Waals surface area contributed by atoms with Gasteiger partial charge in [0, 0.05) is 16.9 Å². The van der Waals surface area contributed by atoms with E-state index in [1.807, 2.05) is 17.5 Å². The molecule has 2 heterocycles. The maximum Gasteiger partial charge on any atom is 0.207 e. The van der Waals surface area contributed by atoms with Crippen molar-refractivity contribution >= 4 is 28.3 Å². The van der Waals surface area contributed by atoms with Crippen LogP contribution in [0.25, 0.3) is 17.3 Å². The van der Waals surface area contributed by atoms with Crippen molar-refractivity contribution in [3.63, 3.8) is 0 Å². The number of allylic oxidation sites excluding steroid dienone is 1. The van der Waals surface area contributed by atoms with Crippen molar-refractivity contribution in [2.24, 2.45) is 11.0 Å². The molecule has 0 saturated heterocycles. The van der Waals surface area contributed by atoms with Gasteiger partial charge in [-0.15, -0.1) is 11.3 Å². The summed E-state index contributed by atoms with van der Waals surface area (Å²) in [4.78, 5) is 4.90. The molecule has 0 radical (unpaired) electrons. The summed E-state index contributed by atoms with van der Waals surface area (Å²) in [5.41, 5.74) is 6.40. The van der Waals surface area contributed by atoms with Crippen LogP contribution in [-0.4, -0.2) is 20.9 Å². The van der Waals surface area contributed by atoms with Crippen LogP contribution in [0.15, 0.2) is 94.9 Å². The number of rotatable bonds is 4. The molecule has 3 aromatic carbocycles. The predicted octanol–water partition coefficient (Wildman–Crippen LogP) is 7.02. The Labute approximate surface area is 208 Å². The molecule has 2 unspecified atom stereocenters. The first-order valence-corrected chi connectivity index (χ1v) is 12.7. The fourth-order valence-corrected chi connectivity index (χ4v) is 5.90. The van der Waals surface area contributed by atoms with Crippen molar-refractivity contribution in [1.29, 1.82) is 0 Å². The SMILES string of the molecule is Oc1ccc(-c2csc(N3N=C4/C(=C/c5ccccc5)CCCC4C3c3ccccc3)n2)cc1O. The fraction of sp³-hybridized carbons (Fsp3) is 0.172. The summed E-state index contributed by atoms with van der Waals surface area (Å²) in [6.07, 6.45) is 5.53. The summed E-state index contributed by atoms with van der Waals surface area (Å²) in [5.74, 6) is 0.00890. The molecule has 6 heteroatoms. The van der Waals surface area contributed by atoms with Gasteiger partial charge in [0.2, 0.25) is 5.13 Å². The Balaban J connectivity index is 1.42. The molecule has 2 N–H and O–H groups in total. The number of hydrogen-bond acceptors (Lipinski definition) is 6. The number of phenolic OH excluding ortho intramolecular Hbond substituents is 2. The van der Waals surface area contributed by atoms with Crippen LogP contribution in [0, 0.1) is 5.92 Å². The van der Waals surface area contributed by atoms with E-state index in [0.717, 1.165) is 41.4 Å². The van der Waals surface area contributed by atoms with E-state index in [1.165, 1.54) is 22.8 Å². The molecule has 2 aliphatic rings. The Morgan fingerprint density at radius 1 is 0.914 bits per heavy atom. The van der Waals surface area contributed by atoms with E-state index >= 15 is 0 Å². The van der Waals surface area contributed by atoms with E-state index in [0.29, 0.717) is 5.92 Å². The summed E-state index contributed by atoms with van der Waals surface area (Å²) >= 11 is 1.54. The number of fused-ring (bicyclic) bond motifs is 1. The minimum atomic E-state index is -0.151. The lowest BCUT2D eigenvalue weighted by atomic mass is 9.77. The van der Waals surface area contributed by atoms with E-state index in [1.54, 1.807) is 23.5 Å². The second-order valence-electron chi connectivity index (χ2n) is 8.98. The minimum Gasteiger partial charge on any atom is -0.504 e. The Kier molecular flexibility index (Phi) is 5.58. The highest BCUT2D eigenvalue weighted by molar-refractivity contribution is 7.14. The molecule has 35 heavy (non-hydrogen) atoms. The molecule has 1 aliphatic heterocycles. The molecule has 0 amide bonds. The highest BCUT2D eigenvalue weighted by Crippen LogP contribution is 2.47. The first-order chi connectivity index (χ1) is 17.2. The summed E-state index contributed by atoms with van der Waals surface area (Å²) < 4.78 is 0. The van der Waals surface area contributed by atoms with Crippen LogP contribution in [0.5, 0.6) is 11.5 Å². The Morgan fingerprint density at radius 2 is 1.69 bits per heavy atom. The lowest BCUT2D eigenvalue weighted by Gasteiger charge is -2.29. The maximum atomic E-state index is 9.95. The first-order valence-electron chi connectivity index (χ1n) is 11.8. The van der Waals surface area contributed by atoms with Crippen LogP contribution >= 0.6 is 11.3 Å². The maximum absolute atomic E-state index is 9.95. The quantitative estimate of drug-likeness (QED) is 0.309. The molecule has 1 aliphatic carbocycles. The van der Waals surface area contributed by atoms with Crippen molar-refractivity contribution in [1.82, 2.24) is 4.98 Å². The van der Waals surface area contributed by atoms with Crippen molar-refractivity contribution in [3.8, 4) is 22.8 Å². The monoisotopic (exact) mass is 479 g/mol. The van der Waals surface area contributed by atoms with Crippen molar-refractivity contribution < 1.29 is 10.2 Å². The number of anilines is 1. The molecule has 6 rings (SSSR count). The summed E-state index contributed by atoms with van der Waals surface area (Å²) in [7, 11) is 0. The van der Waals surface area contributed by atoms with Crippen molar-refractivity contribution in [2.45, 2.75) is 25.3 Å². The molecule has 1 saturated carbocycles. The average Bonchev–Trinajstić information content (AvgIpc) is 3.53. The van der Waals surface area contributed by atoms with Gasteiger partial charge in [0.25, 0.3) is 0 Å². The van der Waals surface area contributed by atoms with E-state index in [9.17, 15) is 10.2 Å². The van der Waals surface area contributed by atoms with Gasteiger partial charge in [-0.1, -0.05) is 60.7 Å². The van der Waals surface area contributed by atoms with E-state index in [2.05, 4.69) is 59.6 Å².